The molecule has 0 aliphatic heterocycles. The van der Waals surface area contributed by atoms with E-state index in [0.29, 0.717) is 24.5 Å². The molecule has 31 heavy (non-hydrogen) atoms. The third kappa shape index (κ3) is 5.06. The molecular formula is C24H23FN4OS. The highest BCUT2D eigenvalue weighted by atomic mass is 32.1. The van der Waals surface area contributed by atoms with Gasteiger partial charge in [-0.25, -0.2) is 14.4 Å². The van der Waals surface area contributed by atoms with Crippen LogP contribution in [0.2, 0.25) is 0 Å². The number of nitrogens with zero attached hydrogens (tertiary/aromatic N) is 3. The van der Waals surface area contributed by atoms with Gasteiger partial charge in [0.2, 0.25) is 5.91 Å². The van der Waals surface area contributed by atoms with Crippen LogP contribution in [0.5, 0.6) is 0 Å². The number of benzene rings is 2. The second-order valence-corrected chi connectivity index (χ2v) is 8.11. The number of halogens is 1. The Kier molecular flexibility index (Phi) is 6.52. The molecule has 0 aliphatic carbocycles. The standard InChI is InChI=1S/C24H23FN4OS/c1-2-14-29(15-13-22(30)26-18-11-9-17(25)10-12-18)24-19-6-3-4-7-20(19)27-23(28-24)21-8-5-16-31-21/h3-12,16H,2,13-15H2,1H3,(H,26,30). The summed E-state index contributed by atoms with van der Waals surface area (Å²) in [4.78, 5) is 25.3. The molecular weight excluding hydrogens is 411 g/mol. The molecule has 0 atom stereocenters. The Morgan fingerprint density at radius 3 is 2.58 bits per heavy atom. The van der Waals surface area contributed by atoms with Crippen molar-refractivity contribution in [2.75, 3.05) is 23.3 Å². The van der Waals surface area contributed by atoms with Gasteiger partial charge in [-0.2, -0.15) is 0 Å². The van der Waals surface area contributed by atoms with Crippen LogP contribution in [0.15, 0.2) is 66.0 Å². The molecule has 1 amide bonds. The van der Waals surface area contributed by atoms with Crippen LogP contribution < -0.4 is 10.2 Å². The summed E-state index contributed by atoms with van der Waals surface area (Å²) in [5.74, 6) is 1.08. The average Bonchev–Trinajstić information content (AvgIpc) is 3.32. The number of para-hydroxylation sites is 1. The number of hydrogen-bond donors (Lipinski definition) is 1. The fourth-order valence-electron chi connectivity index (χ4n) is 3.40. The predicted octanol–water partition coefficient (Wildman–Crippen LogP) is 5.74. The van der Waals surface area contributed by atoms with Crippen LogP contribution in [-0.2, 0) is 4.79 Å². The van der Waals surface area contributed by atoms with E-state index in [-0.39, 0.29) is 11.7 Å². The maximum Gasteiger partial charge on any atom is 0.226 e. The van der Waals surface area contributed by atoms with Crippen molar-refractivity contribution in [1.82, 2.24) is 9.97 Å². The minimum atomic E-state index is -0.329. The third-order valence-electron chi connectivity index (χ3n) is 4.85. The van der Waals surface area contributed by atoms with Crippen molar-refractivity contribution >= 4 is 39.7 Å². The van der Waals surface area contributed by atoms with Gasteiger partial charge in [-0.1, -0.05) is 25.1 Å². The van der Waals surface area contributed by atoms with E-state index in [1.54, 1.807) is 23.5 Å². The lowest BCUT2D eigenvalue weighted by atomic mass is 10.2. The average molecular weight is 435 g/mol. The highest BCUT2D eigenvalue weighted by molar-refractivity contribution is 7.13. The maximum atomic E-state index is 13.1. The van der Waals surface area contributed by atoms with Crippen molar-refractivity contribution < 1.29 is 9.18 Å². The fourth-order valence-corrected chi connectivity index (χ4v) is 4.06. The normalized spacial score (nSPS) is 10.9. The van der Waals surface area contributed by atoms with E-state index in [1.807, 2.05) is 41.8 Å². The Morgan fingerprint density at radius 1 is 1.03 bits per heavy atom. The molecule has 0 saturated heterocycles. The molecule has 1 N–H and O–H groups in total. The van der Waals surface area contributed by atoms with Crippen molar-refractivity contribution in [3.8, 4) is 10.7 Å². The number of nitrogens with one attached hydrogen (secondary N) is 1. The van der Waals surface area contributed by atoms with Gasteiger partial charge in [-0.05, 0) is 54.3 Å². The second-order valence-electron chi connectivity index (χ2n) is 7.16. The summed E-state index contributed by atoms with van der Waals surface area (Å²) in [6.45, 7) is 3.40. The predicted molar refractivity (Wildman–Crippen MR) is 125 cm³/mol. The summed E-state index contributed by atoms with van der Waals surface area (Å²) >= 11 is 1.60. The van der Waals surface area contributed by atoms with Crippen LogP contribution in [-0.4, -0.2) is 29.0 Å². The largest absolute Gasteiger partial charge is 0.355 e. The molecule has 5 nitrogen and oxygen atoms in total. The Bertz CT molecular complexity index is 1160. The minimum absolute atomic E-state index is 0.121. The van der Waals surface area contributed by atoms with E-state index in [0.717, 1.165) is 34.6 Å². The van der Waals surface area contributed by atoms with Crippen LogP contribution >= 0.6 is 11.3 Å². The molecule has 4 rings (SSSR count). The number of rotatable bonds is 8. The Hall–Kier alpha value is -3.32. The number of hydrogen-bond acceptors (Lipinski definition) is 5. The van der Waals surface area contributed by atoms with Crippen molar-refractivity contribution in [2.45, 2.75) is 19.8 Å². The quantitative estimate of drug-likeness (QED) is 0.384. The summed E-state index contributed by atoms with van der Waals surface area (Å²) in [6, 6.07) is 17.7. The molecule has 0 radical (unpaired) electrons. The van der Waals surface area contributed by atoms with E-state index in [4.69, 9.17) is 9.97 Å². The van der Waals surface area contributed by atoms with Crippen molar-refractivity contribution in [3.63, 3.8) is 0 Å². The topological polar surface area (TPSA) is 58.1 Å². The lowest BCUT2D eigenvalue weighted by molar-refractivity contribution is -0.116. The number of fused-ring (bicyclic) bond motifs is 1. The van der Waals surface area contributed by atoms with Crippen LogP contribution in [0.3, 0.4) is 0 Å². The van der Waals surface area contributed by atoms with Gasteiger partial charge >= 0.3 is 0 Å². The Labute approximate surface area is 184 Å². The van der Waals surface area contributed by atoms with Gasteiger partial charge < -0.3 is 10.2 Å². The Morgan fingerprint density at radius 2 is 1.84 bits per heavy atom. The number of amides is 1. The molecule has 0 aliphatic rings. The van der Waals surface area contributed by atoms with Crippen molar-refractivity contribution in [3.05, 3.63) is 71.9 Å². The molecule has 0 bridgehead atoms. The fraction of sp³-hybridized carbons (Fsp3) is 0.208. The molecule has 2 aromatic heterocycles. The first kappa shape index (κ1) is 20.9. The lowest BCUT2D eigenvalue weighted by Crippen LogP contribution is -2.29. The van der Waals surface area contributed by atoms with Crippen LogP contribution in [0, 0.1) is 5.82 Å². The highest BCUT2D eigenvalue weighted by Crippen LogP contribution is 2.29. The summed E-state index contributed by atoms with van der Waals surface area (Å²) in [7, 11) is 0. The molecule has 0 saturated carbocycles. The minimum Gasteiger partial charge on any atom is -0.355 e. The van der Waals surface area contributed by atoms with Gasteiger partial charge in [0.1, 0.15) is 11.6 Å². The van der Waals surface area contributed by atoms with Gasteiger partial charge in [0.05, 0.1) is 10.4 Å². The van der Waals surface area contributed by atoms with Crippen LogP contribution in [0.25, 0.3) is 21.6 Å². The molecule has 0 spiro atoms. The lowest BCUT2D eigenvalue weighted by Gasteiger charge is -2.24. The summed E-state index contributed by atoms with van der Waals surface area (Å²) in [5, 5.41) is 5.80. The Balaban J connectivity index is 1.58. The summed E-state index contributed by atoms with van der Waals surface area (Å²) in [6.07, 6.45) is 1.22. The van der Waals surface area contributed by atoms with Crippen molar-refractivity contribution in [1.29, 1.82) is 0 Å². The first-order valence-electron chi connectivity index (χ1n) is 10.2. The van der Waals surface area contributed by atoms with Gasteiger partial charge in [0.25, 0.3) is 0 Å². The molecule has 4 aromatic rings. The van der Waals surface area contributed by atoms with Gasteiger partial charge in [-0.3, -0.25) is 4.79 Å². The second kappa shape index (κ2) is 9.66. The van der Waals surface area contributed by atoms with E-state index in [1.165, 1.54) is 12.1 Å². The van der Waals surface area contributed by atoms with Gasteiger partial charge in [0.15, 0.2) is 5.82 Å². The molecule has 2 aromatic carbocycles. The molecule has 7 heteroatoms. The number of thiophene rings is 1. The zero-order valence-corrected chi connectivity index (χ0v) is 18.0. The van der Waals surface area contributed by atoms with E-state index in [2.05, 4.69) is 17.1 Å². The van der Waals surface area contributed by atoms with Gasteiger partial charge in [0, 0.05) is 30.6 Å². The van der Waals surface area contributed by atoms with E-state index in [9.17, 15) is 9.18 Å². The van der Waals surface area contributed by atoms with Gasteiger partial charge in [-0.15, -0.1) is 11.3 Å². The number of aromatic nitrogens is 2. The number of carbonyl (C=O) groups is 1. The third-order valence-corrected chi connectivity index (χ3v) is 5.72. The zero-order chi connectivity index (χ0) is 21.6. The monoisotopic (exact) mass is 434 g/mol. The number of anilines is 2. The zero-order valence-electron chi connectivity index (χ0n) is 17.2. The highest BCUT2D eigenvalue weighted by Gasteiger charge is 2.16. The number of carbonyl (C=O) groups excluding carboxylic acids is 1. The van der Waals surface area contributed by atoms with E-state index < -0.39 is 0 Å². The van der Waals surface area contributed by atoms with Crippen molar-refractivity contribution in [2.24, 2.45) is 0 Å². The first-order chi connectivity index (χ1) is 15.1. The first-order valence-corrected chi connectivity index (χ1v) is 11.1. The molecule has 0 fully saturated rings. The van der Waals surface area contributed by atoms with Crippen LogP contribution in [0.4, 0.5) is 15.9 Å². The van der Waals surface area contributed by atoms with E-state index >= 15 is 0 Å². The summed E-state index contributed by atoms with van der Waals surface area (Å²) < 4.78 is 13.1. The smallest absolute Gasteiger partial charge is 0.226 e. The molecule has 0 unspecified atom stereocenters. The molecule has 158 valence electrons. The summed E-state index contributed by atoms with van der Waals surface area (Å²) in [5.41, 5.74) is 1.47. The van der Waals surface area contributed by atoms with Crippen LogP contribution in [0.1, 0.15) is 19.8 Å². The SMILES string of the molecule is CCCN(CCC(=O)Nc1ccc(F)cc1)c1nc(-c2cccs2)nc2ccccc12. The molecule has 2 heterocycles. The maximum absolute atomic E-state index is 13.1.